The zero-order valence-corrected chi connectivity index (χ0v) is 15.8. The van der Waals surface area contributed by atoms with Crippen LogP contribution in [-0.4, -0.2) is 24.7 Å². The summed E-state index contributed by atoms with van der Waals surface area (Å²) in [4.78, 5) is 25.0. The SMILES string of the molecule is CSc1ccccc1C(=O)OCC(=O)N[C@H](C)c1ccccc1Br. The first-order chi connectivity index (χ1) is 11.5. The molecule has 0 unspecified atom stereocenters. The number of hydrogen-bond donors (Lipinski definition) is 1. The van der Waals surface area contributed by atoms with Crippen LogP contribution in [0.3, 0.4) is 0 Å². The molecule has 0 aromatic heterocycles. The van der Waals surface area contributed by atoms with Gasteiger partial charge >= 0.3 is 5.97 Å². The van der Waals surface area contributed by atoms with E-state index in [1.807, 2.05) is 49.6 Å². The summed E-state index contributed by atoms with van der Waals surface area (Å²) in [6, 6.07) is 14.6. The van der Waals surface area contributed by atoms with E-state index >= 15 is 0 Å². The Morgan fingerprint density at radius 2 is 1.83 bits per heavy atom. The summed E-state index contributed by atoms with van der Waals surface area (Å²) in [5, 5.41) is 2.82. The molecule has 1 amide bonds. The Kier molecular flexibility index (Phi) is 6.87. The van der Waals surface area contributed by atoms with E-state index in [1.54, 1.807) is 12.1 Å². The lowest BCUT2D eigenvalue weighted by molar-refractivity contribution is -0.124. The molecule has 1 atom stereocenters. The van der Waals surface area contributed by atoms with Gasteiger partial charge in [-0.1, -0.05) is 46.3 Å². The van der Waals surface area contributed by atoms with Gasteiger partial charge in [0.05, 0.1) is 11.6 Å². The van der Waals surface area contributed by atoms with Crippen molar-refractivity contribution in [3.05, 3.63) is 64.1 Å². The highest BCUT2D eigenvalue weighted by atomic mass is 79.9. The fraction of sp³-hybridized carbons (Fsp3) is 0.222. The van der Waals surface area contributed by atoms with E-state index in [2.05, 4.69) is 21.2 Å². The lowest BCUT2D eigenvalue weighted by Crippen LogP contribution is -2.31. The Morgan fingerprint density at radius 1 is 1.17 bits per heavy atom. The number of carbonyl (C=O) groups is 2. The molecule has 1 N–H and O–H groups in total. The molecule has 0 fully saturated rings. The summed E-state index contributed by atoms with van der Waals surface area (Å²) < 4.78 is 6.04. The van der Waals surface area contributed by atoms with Gasteiger partial charge in [-0.05, 0) is 36.9 Å². The monoisotopic (exact) mass is 407 g/mol. The summed E-state index contributed by atoms with van der Waals surface area (Å²) in [5.41, 5.74) is 1.43. The number of nitrogens with one attached hydrogen (secondary N) is 1. The molecule has 0 aliphatic heterocycles. The normalized spacial score (nSPS) is 11.6. The van der Waals surface area contributed by atoms with Crippen LogP contribution in [0.25, 0.3) is 0 Å². The molecule has 0 bridgehead atoms. The third-order valence-electron chi connectivity index (χ3n) is 3.41. The maximum Gasteiger partial charge on any atom is 0.339 e. The van der Waals surface area contributed by atoms with Crippen molar-refractivity contribution in [3.63, 3.8) is 0 Å². The predicted octanol–water partition coefficient (Wildman–Crippen LogP) is 4.21. The van der Waals surface area contributed by atoms with Crippen LogP contribution in [0.2, 0.25) is 0 Å². The van der Waals surface area contributed by atoms with E-state index in [1.165, 1.54) is 11.8 Å². The van der Waals surface area contributed by atoms with Crippen LogP contribution in [0.15, 0.2) is 57.9 Å². The Labute approximate surface area is 154 Å². The van der Waals surface area contributed by atoms with Gasteiger partial charge < -0.3 is 10.1 Å². The minimum Gasteiger partial charge on any atom is -0.452 e. The molecule has 0 aliphatic rings. The lowest BCUT2D eigenvalue weighted by atomic mass is 10.1. The summed E-state index contributed by atoms with van der Waals surface area (Å²) in [7, 11) is 0. The van der Waals surface area contributed by atoms with E-state index in [4.69, 9.17) is 4.74 Å². The Bertz CT molecular complexity index is 736. The van der Waals surface area contributed by atoms with Gasteiger partial charge in [0.25, 0.3) is 5.91 Å². The first kappa shape index (κ1) is 18.5. The van der Waals surface area contributed by atoms with Gasteiger partial charge in [-0.2, -0.15) is 0 Å². The Balaban J connectivity index is 1.91. The molecule has 4 nitrogen and oxygen atoms in total. The predicted molar refractivity (Wildman–Crippen MR) is 99.2 cm³/mol. The van der Waals surface area contributed by atoms with Crippen LogP contribution in [-0.2, 0) is 9.53 Å². The molecule has 24 heavy (non-hydrogen) atoms. The number of esters is 1. The average Bonchev–Trinajstić information content (AvgIpc) is 2.59. The van der Waals surface area contributed by atoms with Crippen molar-refractivity contribution in [1.82, 2.24) is 5.32 Å². The van der Waals surface area contributed by atoms with E-state index in [0.717, 1.165) is 14.9 Å². The standard InChI is InChI=1S/C18H18BrNO3S/c1-12(13-7-3-5-9-15(13)19)20-17(21)11-23-18(22)14-8-4-6-10-16(14)24-2/h3-10,12H,11H2,1-2H3,(H,20,21)/t12-/m1/s1. The second kappa shape index (κ2) is 8.89. The van der Waals surface area contributed by atoms with Gasteiger partial charge in [0, 0.05) is 9.37 Å². The second-order valence-corrected chi connectivity index (χ2v) is 6.79. The van der Waals surface area contributed by atoms with Gasteiger partial charge in [-0.15, -0.1) is 11.8 Å². The minimum atomic E-state index is -0.497. The number of ether oxygens (including phenoxy) is 1. The Hall–Kier alpha value is -1.79. The summed E-state index contributed by atoms with van der Waals surface area (Å²) in [6.45, 7) is 1.57. The number of rotatable bonds is 6. The highest BCUT2D eigenvalue weighted by molar-refractivity contribution is 9.10. The van der Waals surface area contributed by atoms with Crippen LogP contribution < -0.4 is 5.32 Å². The number of thioether (sulfide) groups is 1. The molecule has 2 rings (SSSR count). The maximum absolute atomic E-state index is 12.1. The molecule has 2 aromatic carbocycles. The number of carbonyl (C=O) groups excluding carboxylic acids is 2. The highest BCUT2D eigenvalue weighted by Crippen LogP contribution is 2.23. The summed E-state index contributed by atoms with van der Waals surface area (Å²) in [5.74, 6) is -0.836. The average molecular weight is 408 g/mol. The van der Waals surface area contributed by atoms with Crippen LogP contribution in [0, 0.1) is 0 Å². The van der Waals surface area contributed by atoms with Crippen LogP contribution in [0.1, 0.15) is 28.9 Å². The molecule has 2 aromatic rings. The van der Waals surface area contributed by atoms with Crippen LogP contribution >= 0.6 is 27.7 Å². The molecule has 0 aliphatic carbocycles. The smallest absolute Gasteiger partial charge is 0.339 e. The van der Waals surface area contributed by atoms with E-state index in [-0.39, 0.29) is 18.6 Å². The van der Waals surface area contributed by atoms with Gasteiger partial charge in [0.15, 0.2) is 6.61 Å². The molecule has 126 valence electrons. The quantitative estimate of drug-likeness (QED) is 0.575. The lowest BCUT2D eigenvalue weighted by Gasteiger charge is -2.16. The molecule has 0 saturated heterocycles. The second-order valence-electron chi connectivity index (χ2n) is 5.09. The van der Waals surface area contributed by atoms with E-state index in [9.17, 15) is 9.59 Å². The zero-order valence-electron chi connectivity index (χ0n) is 13.4. The zero-order chi connectivity index (χ0) is 17.5. The fourth-order valence-corrected chi connectivity index (χ4v) is 3.42. The van der Waals surface area contributed by atoms with E-state index < -0.39 is 5.97 Å². The topological polar surface area (TPSA) is 55.4 Å². The van der Waals surface area contributed by atoms with Gasteiger partial charge in [-0.25, -0.2) is 4.79 Å². The van der Waals surface area contributed by atoms with Crippen molar-refractivity contribution >= 4 is 39.6 Å². The van der Waals surface area contributed by atoms with Crippen molar-refractivity contribution in [2.75, 3.05) is 12.9 Å². The first-order valence-electron chi connectivity index (χ1n) is 7.37. The molecule has 0 spiro atoms. The van der Waals surface area contributed by atoms with Gasteiger partial charge in [0.1, 0.15) is 0 Å². The summed E-state index contributed by atoms with van der Waals surface area (Å²) >= 11 is 4.92. The largest absolute Gasteiger partial charge is 0.452 e. The summed E-state index contributed by atoms with van der Waals surface area (Å²) in [6.07, 6.45) is 1.89. The van der Waals surface area contributed by atoms with Crippen molar-refractivity contribution in [3.8, 4) is 0 Å². The van der Waals surface area contributed by atoms with Crippen molar-refractivity contribution in [2.45, 2.75) is 17.9 Å². The third-order valence-corrected chi connectivity index (χ3v) is 4.93. The van der Waals surface area contributed by atoms with Crippen LogP contribution in [0.5, 0.6) is 0 Å². The van der Waals surface area contributed by atoms with Crippen molar-refractivity contribution < 1.29 is 14.3 Å². The highest BCUT2D eigenvalue weighted by Gasteiger charge is 2.16. The maximum atomic E-state index is 12.1. The molecular weight excluding hydrogens is 390 g/mol. The van der Waals surface area contributed by atoms with Crippen molar-refractivity contribution in [1.29, 1.82) is 0 Å². The number of amides is 1. The fourth-order valence-electron chi connectivity index (χ4n) is 2.21. The van der Waals surface area contributed by atoms with Crippen LogP contribution in [0.4, 0.5) is 0 Å². The third kappa shape index (κ3) is 4.85. The molecule has 0 radical (unpaired) electrons. The minimum absolute atomic E-state index is 0.190. The number of benzene rings is 2. The molecular formula is C18H18BrNO3S. The van der Waals surface area contributed by atoms with Gasteiger partial charge in [0.2, 0.25) is 0 Å². The number of hydrogen-bond acceptors (Lipinski definition) is 4. The number of halogens is 1. The van der Waals surface area contributed by atoms with Gasteiger partial charge in [-0.3, -0.25) is 4.79 Å². The van der Waals surface area contributed by atoms with Crippen molar-refractivity contribution in [2.24, 2.45) is 0 Å². The molecule has 0 saturated carbocycles. The van der Waals surface area contributed by atoms with E-state index in [0.29, 0.717) is 5.56 Å². The molecule has 0 heterocycles. The Morgan fingerprint density at radius 3 is 2.54 bits per heavy atom. The first-order valence-corrected chi connectivity index (χ1v) is 9.38. The molecule has 6 heteroatoms.